The van der Waals surface area contributed by atoms with Gasteiger partial charge in [0.1, 0.15) is 6.10 Å². The molecule has 0 heterocycles. The summed E-state index contributed by atoms with van der Waals surface area (Å²) in [4.78, 5) is 0. The van der Waals surface area contributed by atoms with Crippen molar-refractivity contribution >= 4 is 0 Å². The van der Waals surface area contributed by atoms with Crippen LogP contribution in [0.4, 0.5) is 0 Å². The molecule has 1 rings (SSSR count). The molecular formula is C12H18O2. The molecule has 14 heavy (non-hydrogen) atoms. The topological polar surface area (TPSA) is 40.5 Å². The molecule has 0 saturated carbocycles. The first-order chi connectivity index (χ1) is 6.54. The molecule has 0 fully saturated rings. The minimum Gasteiger partial charge on any atom is -0.390 e. The largest absolute Gasteiger partial charge is 0.390 e. The Balaban J connectivity index is 2.94. The lowest BCUT2D eigenvalue weighted by atomic mass is 9.99. The Hall–Kier alpha value is -0.860. The average molecular weight is 194 g/mol. The Morgan fingerprint density at radius 2 is 1.57 bits per heavy atom. The fraction of sp³-hybridized carbons (Fsp3) is 0.500. The second-order valence-electron chi connectivity index (χ2n) is 3.84. The van der Waals surface area contributed by atoms with Crippen LogP contribution in [0.5, 0.6) is 0 Å². The van der Waals surface area contributed by atoms with E-state index in [2.05, 4.69) is 6.07 Å². The predicted molar refractivity (Wildman–Crippen MR) is 57.2 cm³/mol. The van der Waals surface area contributed by atoms with E-state index >= 15 is 0 Å². The van der Waals surface area contributed by atoms with Crippen LogP contribution in [0.2, 0.25) is 0 Å². The summed E-state index contributed by atoms with van der Waals surface area (Å²) < 4.78 is 0. The van der Waals surface area contributed by atoms with Crippen molar-refractivity contribution in [2.24, 2.45) is 0 Å². The van der Waals surface area contributed by atoms with E-state index in [1.165, 1.54) is 0 Å². The van der Waals surface area contributed by atoms with Crippen LogP contribution in [0.15, 0.2) is 18.2 Å². The zero-order chi connectivity index (χ0) is 10.7. The van der Waals surface area contributed by atoms with Crippen molar-refractivity contribution in [1.29, 1.82) is 0 Å². The molecule has 0 saturated heterocycles. The molecule has 2 unspecified atom stereocenters. The highest BCUT2D eigenvalue weighted by Crippen LogP contribution is 2.21. The van der Waals surface area contributed by atoms with Gasteiger partial charge in [0.15, 0.2) is 0 Å². The van der Waals surface area contributed by atoms with Crippen LogP contribution in [-0.2, 0) is 0 Å². The summed E-state index contributed by atoms with van der Waals surface area (Å²) in [6.45, 7) is 5.83. The first-order valence-electron chi connectivity index (χ1n) is 4.99. The first kappa shape index (κ1) is 11.2. The Kier molecular flexibility index (Phi) is 3.67. The van der Waals surface area contributed by atoms with Gasteiger partial charge in [-0.05, 0) is 25.8 Å². The van der Waals surface area contributed by atoms with Gasteiger partial charge < -0.3 is 10.2 Å². The molecule has 0 aliphatic heterocycles. The smallest absolute Gasteiger partial charge is 0.105 e. The maximum absolute atomic E-state index is 9.79. The Bertz CT molecular complexity index is 287. The van der Waals surface area contributed by atoms with Gasteiger partial charge in [-0.2, -0.15) is 0 Å². The van der Waals surface area contributed by atoms with Crippen LogP contribution in [-0.4, -0.2) is 16.3 Å². The molecule has 78 valence electrons. The van der Waals surface area contributed by atoms with Gasteiger partial charge in [0.25, 0.3) is 0 Å². The van der Waals surface area contributed by atoms with Crippen molar-refractivity contribution < 1.29 is 10.2 Å². The van der Waals surface area contributed by atoms with Crippen LogP contribution >= 0.6 is 0 Å². The first-order valence-corrected chi connectivity index (χ1v) is 4.99. The molecule has 2 atom stereocenters. The zero-order valence-corrected chi connectivity index (χ0v) is 8.99. The molecule has 0 aliphatic rings. The third-order valence-corrected chi connectivity index (χ3v) is 2.37. The molecular weight excluding hydrogens is 176 g/mol. The van der Waals surface area contributed by atoms with Gasteiger partial charge in [-0.15, -0.1) is 0 Å². The molecule has 0 aliphatic carbocycles. The number of hydrogen-bond acceptors (Lipinski definition) is 2. The van der Waals surface area contributed by atoms with Crippen LogP contribution in [0.3, 0.4) is 0 Å². The Labute approximate surface area is 85.2 Å². The maximum atomic E-state index is 9.79. The van der Waals surface area contributed by atoms with Gasteiger partial charge in [-0.3, -0.25) is 0 Å². The summed E-state index contributed by atoms with van der Waals surface area (Å²) in [5.41, 5.74) is 3.03. The van der Waals surface area contributed by atoms with Gasteiger partial charge in [-0.25, -0.2) is 0 Å². The SMILES string of the molecule is CCC(O)C(O)c1cc(C)cc(C)c1. The number of aliphatic hydroxyl groups excluding tert-OH is 2. The van der Waals surface area contributed by atoms with Gasteiger partial charge in [0.2, 0.25) is 0 Å². The second kappa shape index (κ2) is 4.58. The summed E-state index contributed by atoms with van der Waals surface area (Å²) >= 11 is 0. The van der Waals surface area contributed by atoms with Crippen LogP contribution < -0.4 is 0 Å². The molecule has 0 spiro atoms. The number of benzene rings is 1. The van der Waals surface area contributed by atoms with E-state index in [1.54, 1.807) is 0 Å². The summed E-state index contributed by atoms with van der Waals surface area (Å²) in [7, 11) is 0. The summed E-state index contributed by atoms with van der Waals surface area (Å²) in [5.74, 6) is 0. The highest BCUT2D eigenvalue weighted by Gasteiger charge is 2.16. The Morgan fingerprint density at radius 3 is 2.00 bits per heavy atom. The zero-order valence-electron chi connectivity index (χ0n) is 8.99. The molecule has 0 radical (unpaired) electrons. The van der Waals surface area contributed by atoms with Gasteiger partial charge >= 0.3 is 0 Å². The van der Waals surface area contributed by atoms with E-state index in [0.29, 0.717) is 6.42 Å². The third-order valence-electron chi connectivity index (χ3n) is 2.37. The molecule has 1 aromatic rings. The third kappa shape index (κ3) is 2.56. The number of rotatable bonds is 3. The number of aliphatic hydroxyl groups is 2. The monoisotopic (exact) mass is 194 g/mol. The fourth-order valence-corrected chi connectivity index (χ4v) is 1.63. The van der Waals surface area contributed by atoms with Gasteiger partial charge in [-0.1, -0.05) is 36.2 Å². The number of aryl methyl sites for hydroxylation is 2. The molecule has 0 amide bonds. The summed E-state index contributed by atoms with van der Waals surface area (Å²) in [6, 6.07) is 5.88. The summed E-state index contributed by atoms with van der Waals surface area (Å²) in [6.07, 6.45) is -0.872. The van der Waals surface area contributed by atoms with E-state index in [1.807, 2.05) is 32.9 Å². The Morgan fingerprint density at radius 1 is 1.07 bits per heavy atom. The highest BCUT2D eigenvalue weighted by molar-refractivity contribution is 5.30. The van der Waals surface area contributed by atoms with Gasteiger partial charge in [0.05, 0.1) is 6.10 Å². The van der Waals surface area contributed by atoms with Crippen molar-refractivity contribution in [3.8, 4) is 0 Å². The van der Waals surface area contributed by atoms with E-state index < -0.39 is 12.2 Å². The van der Waals surface area contributed by atoms with E-state index in [9.17, 15) is 10.2 Å². The van der Waals surface area contributed by atoms with E-state index in [4.69, 9.17) is 0 Å². The fourth-order valence-electron chi connectivity index (χ4n) is 1.63. The minimum atomic E-state index is -0.765. The molecule has 1 aromatic carbocycles. The van der Waals surface area contributed by atoms with E-state index in [0.717, 1.165) is 16.7 Å². The normalized spacial score (nSPS) is 15.2. The van der Waals surface area contributed by atoms with Crippen molar-refractivity contribution in [2.45, 2.75) is 39.4 Å². The molecule has 0 aromatic heterocycles. The predicted octanol–water partition coefficient (Wildman–Crippen LogP) is 2.11. The van der Waals surface area contributed by atoms with Gasteiger partial charge in [0, 0.05) is 0 Å². The van der Waals surface area contributed by atoms with Crippen LogP contribution in [0, 0.1) is 13.8 Å². The lowest BCUT2D eigenvalue weighted by Crippen LogP contribution is -2.17. The standard InChI is InChI=1S/C12H18O2/c1-4-11(13)12(14)10-6-8(2)5-9(3)7-10/h5-7,11-14H,4H2,1-3H3. The molecule has 2 N–H and O–H groups in total. The van der Waals surface area contributed by atoms with Crippen LogP contribution in [0.1, 0.15) is 36.1 Å². The molecule has 0 bridgehead atoms. The summed E-state index contributed by atoms with van der Waals surface area (Å²) in [5, 5.41) is 19.3. The lowest BCUT2D eigenvalue weighted by molar-refractivity contribution is 0.0164. The van der Waals surface area contributed by atoms with Crippen molar-refractivity contribution in [3.63, 3.8) is 0 Å². The maximum Gasteiger partial charge on any atom is 0.105 e. The average Bonchev–Trinajstić information content (AvgIpc) is 2.14. The molecule has 2 heteroatoms. The quantitative estimate of drug-likeness (QED) is 0.773. The van der Waals surface area contributed by atoms with E-state index in [-0.39, 0.29) is 0 Å². The minimum absolute atomic E-state index is 0.564. The van der Waals surface area contributed by atoms with Crippen molar-refractivity contribution in [3.05, 3.63) is 34.9 Å². The lowest BCUT2D eigenvalue weighted by Gasteiger charge is -2.17. The number of hydrogen-bond donors (Lipinski definition) is 2. The van der Waals surface area contributed by atoms with Crippen molar-refractivity contribution in [1.82, 2.24) is 0 Å². The van der Waals surface area contributed by atoms with Crippen LogP contribution in [0.25, 0.3) is 0 Å². The van der Waals surface area contributed by atoms with Crippen molar-refractivity contribution in [2.75, 3.05) is 0 Å². The molecule has 2 nitrogen and oxygen atoms in total. The highest BCUT2D eigenvalue weighted by atomic mass is 16.3. The second-order valence-corrected chi connectivity index (χ2v) is 3.84.